The third-order valence-electron chi connectivity index (χ3n) is 3.24. The van der Waals surface area contributed by atoms with Gasteiger partial charge in [0.15, 0.2) is 0 Å². The second kappa shape index (κ2) is 6.41. The van der Waals surface area contributed by atoms with Gasteiger partial charge < -0.3 is 15.8 Å². The standard InChI is InChI=1S/C15H20N4O2/c1-10-13(16)14(19(2)18-10)15(20)17-8-11-5-4-6-12(7-11)9-21-3/h4-7H,8-9,16H2,1-3H3,(H,17,20). The van der Waals surface area contributed by atoms with Crippen molar-refractivity contribution >= 4 is 11.6 Å². The third-order valence-corrected chi connectivity index (χ3v) is 3.24. The van der Waals surface area contributed by atoms with Crippen molar-refractivity contribution < 1.29 is 9.53 Å². The number of methoxy groups -OCH3 is 1. The van der Waals surface area contributed by atoms with Crippen LogP contribution < -0.4 is 11.1 Å². The highest BCUT2D eigenvalue weighted by atomic mass is 16.5. The van der Waals surface area contributed by atoms with Crippen LogP contribution in [0.2, 0.25) is 0 Å². The van der Waals surface area contributed by atoms with Gasteiger partial charge >= 0.3 is 0 Å². The summed E-state index contributed by atoms with van der Waals surface area (Å²) < 4.78 is 6.60. The molecule has 112 valence electrons. The summed E-state index contributed by atoms with van der Waals surface area (Å²) in [4.78, 5) is 12.2. The van der Waals surface area contributed by atoms with E-state index in [-0.39, 0.29) is 5.91 Å². The summed E-state index contributed by atoms with van der Waals surface area (Å²) in [6.45, 7) is 2.76. The fourth-order valence-corrected chi connectivity index (χ4v) is 2.21. The number of carbonyl (C=O) groups is 1. The van der Waals surface area contributed by atoms with Gasteiger partial charge in [0.2, 0.25) is 0 Å². The number of nitrogens with two attached hydrogens (primary N) is 1. The van der Waals surface area contributed by atoms with Crippen LogP contribution in [0, 0.1) is 6.92 Å². The van der Waals surface area contributed by atoms with Gasteiger partial charge in [-0.25, -0.2) is 0 Å². The summed E-state index contributed by atoms with van der Waals surface area (Å²) in [5, 5.41) is 7.00. The van der Waals surface area contributed by atoms with Crippen LogP contribution in [0.5, 0.6) is 0 Å². The summed E-state index contributed by atoms with van der Waals surface area (Å²) in [5.41, 5.74) is 9.42. The van der Waals surface area contributed by atoms with E-state index in [0.717, 1.165) is 11.1 Å². The molecule has 1 aromatic heterocycles. The summed E-state index contributed by atoms with van der Waals surface area (Å²) in [6.07, 6.45) is 0. The first-order chi connectivity index (χ1) is 10.0. The molecule has 0 radical (unpaired) electrons. The highest BCUT2D eigenvalue weighted by Gasteiger charge is 2.17. The zero-order chi connectivity index (χ0) is 15.4. The molecule has 0 bridgehead atoms. The van der Waals surface area contributed by atoms with Gasteiger partial charge in [0.25, 0.3) is 5.91 Å². The Morgan fingerprint density at radius 3 is 2.76 bits per heavy atom. The average Bonchev–Trinajstić information content (AvgIpc) is 2.70. The smallest absolute Gasteiger partial charge is 0.271 e. The molecule has 1 aromatic carbocycles. The largest absolute Gasteiger partial charge is 0.395 e. The number of hydrogen-bond acceptors (Lipinski definition) is 4. The number of nitrogen functional groups attached to an aromatic ring is 1. The van der Waals surface area contributed by atoms with E-state index in [0.29, 0.717) is 30.2 Å². The molecule has 3 N–H and O–H groups in total. The maximum atomic E-state index is 12.2. The van der Waals surface area contributed by atoms with Crippen molar-refractivity contribution in [3.8, 4) is 0 Å². The quantitative estimate of drug-likeness (QED) is 0.871. The summed E-state index contributed by atoms with van der Waals surface area (Å²) >= 11 is 0. The van der Waals surface area contributed by atoms with Crippen molar-refractivity contribution in [3.63, 3.8) is 0 Å². The van der Waals surface area contributed by atoms with E-state index < -0.39 is 0 Å². The number of hydrogen-bond donors (Lipinski definition) is 2. The highest BCUT2D eigenvalue weighted by Crippen LogP contribution is 2.15. The van der Waals surface area contributed by atoms with Crippen molar-refractivity contribution in [1.29, 1.82) is 0 Å². The lowest BCUT2D eigenvalue weighted by molar-refractivity contribution is 0.0942. The SMILES string of the molecule is COCc1cccc(CNC(=O)c2c(N)c(C)nn2C)c1. The number of carbonyl (C=O) groups excluding carboxylic acids is 1. The van der Waals surface area contributed by atoms with Crippen LogP contribution in [0.4, 0.5) is 5.69 Å². The van der Waals surface area contributed by atoms with Gasteiger partial charge in [-0.15, -0.1) is 0 Å². The maximum Gasteiger partial charge on any atom is 0.271 e. The number of ether oxygens (including phenoxy) is 1. The molecular weight excluding hydrogens is 268 g/mol. The van der Waals surface area contributed by atoms with Crippen LogP contribution in [-0.4, -0.2) is 22.8 Å². The maximum absolute atomic E-state index is 12.2. The predicted octanol–water partition coefficient (Wildman–Crippen LogP) is 1.39. The van der Waals surface area contributed by atoms with E-state index in [2.05, 4.69) is 10.4 Å². The Balaban J connectivity index is 2.06. The van der Waals surface area contributed by atoms with E-state index >= 15 is 0 Å². The Bertz CT molecular complexity index is 649. The zero-order valence-corrected chi connectivity index (χ0v) is 12.5. The van der Waals surface area contributed by atoms with E-state index in [9.17, 15) is 4.79 Å². The van der Waals surface area contributed by atoms with Gasteiger partial charge in [-0.1, -0.05) is 24.3 Å². The number of aryl methyl sites for hydroxylation is 2. The summed E-state index contributed by atoms with van der Waals surface area (Å²) in [6, 6.07) is 7.88. The Labute approximate surface area is 123 Å². The highest BCUT2D eigenvalue weighted by molar-refractivity contribution is 5.97. The molecule has 0 fully saturated rings. The molecule has 1 amide bonds. The number of anilines is 1. The first kappa shape index (κ1) is 15.1. The van der Waals surface area contributed by atoms with Gasteiger partial charge in [0.1, 0.15) is 5.69 Å². The van der Waals surface area contributed by atoms with Crippen LogP contribution in [-0.2, 0) is 24.9 Å². The number of rotatable bonds is 5. The van der Waals surface area contributed by atoms with E-state index in [1.165, 1.54) is 4.68 Å². The number of aromatic nitrogens is 2. The lowest BCUT2D eigenvalue weighted by Gasteiger charge is -2.08. The van der Waals surface area contributed by atoms with Crippen LogP contribution >= 0.6 is 0 Å². The predicted molar refractivity (Wildman–Crippen MR) is 80.7 cm³/mol. The Morgan fingerprint density at radius 1 is 1.43 bits per heavy atom. The van der Waals surface area contributed by atoms with Crippen molar-refractivity contribution in [1.82, 2.24) is 15.1 Å². The van der Waals surface area contributed by atoms with Crippen molar-refractivity contribution in [2.24, 2.45) is 7.05 Å². The summed E-state index contributed by atoms with van der Waals surface area (Å²) in [5.74, 6) is -0.229. The molecular formula is C15H20N4O2. The molecule has 2 rings (SSSR count). The second-order valence-electron chi connectivity index (χ2n) is 4.91. The van der Waals surface area contributed by atoms with Gasteiger partial charge in [0.05, 0.1) is 18.0 Å². The monoisotopic (exact) mass is 288 g/mol. The number of benzene rings is 1. The molecule has 0 spiro atoms. The molecule has 0 atom stereocenters. The third kappa shape index (κ3) is 3.41. The van der Waals surface area contributed by atoms with Gasteiger partial charge in [0, 0.05) is 20.7 Å². The molecule has 0 unspecified atom stereocenters. The Hall–Kier alpha value is -2.34. The minimum atomic E-state index is -0.229. The van der Waals surface area contributed by atoms with Crippen molar-refractivity contribution in [2.45, 2.75) is 20.1 Å². The van der Waals surface area contributed by atoms with E-state index in [4.69, 9.17) is 10.5 Å². The van der Waals surface area contributed by atoms with Gasteiger partial charge in [-0.2, -0.15) is 5.10 Å². The first-order valence-corrected chi connectivity index (χ1v) is 6.67. The van der Waals surface area contributed by atoms with Crippen molar-refractivity contribution in [2.75, 3.05) is 12.8 Å². The van der Waals surface area contributed by atoms with Crippen LogP contribution in [0.25, 0.3) is 0 Å². The van der Waals surface area contributed by atoms with Gasteiger partial charge in [-0.05, 0) is 18.1 Å². The zero-order valence-electron chi connectivity index (χ0n) is 12.5. The number of nitrogens with zero attached hydrogens (tertiary/aromatic N) is 2. The second-order valence-corrected chi connectivity index (χ2v) is 4.91. The fourth-order valence-electron chi connectivity index (χ4n) is 2.21. The van der Waals surface area contributed by atoms with Crippen LogP contribution in [0.15, 0.2) is 24.3 Å². The minimum Gasteiger partial charge on any atom is -0.395 e. The first-order valence-electron chi connectivity index (χ1n) is 6.67. The minimum absolute atomic E-state index is 0.229. The lowest BCUT2D eigenvalue weighted by Crippen LogP contribution is -2.26. The normalized spacial score (nSPS) is 10.6. The van der Waals surface area contributed by atoms with E-state index in [1.807, 2.05) is 24.3 Å². The van der Waals surface area contributed by atoms with Gasteiger partial charge in [-0.3, -0.25) is 9.48 Å². The molecule has 6 nitrogen and oxygen atoms in total. The van der Waals surface area contributed by atoms with Crippen LogP contribution in [0.3, 0.4) is 0 Å². The Morgan fingerprint density at radius 2 is 2.14 bits per heavy atom. The molecule has 1 heterocycles. The average molecular weight is 288 g/mol. The molecule has 0 aliphatic carbocycles. The topological polar surface area (TPSA) is 82.2 Å². The molecule has 0 saturated carbocycles. The number of amides is 1. The molecule has 2 aromatic rings. The molecule has 0 saturated heterocycles. The molecule has 0 aliphatic rings. The molecule has 0 aliphatic heterocycles. The van der Waals surface area contributed by atoms with E-state index in [1.54, 1.807) is 21.1 Å². The fraction of sp³-hybridized carbons (Fsp3) is 0.333. The van der Waals surface area contributed by atoms with Crippen LogP contribution in [0.1, 0.15) is 27.3 Å². The molecule has 21 heavy (non-hydrogen) atoms. The Kier molecular flexibility index (Phi) is 4.59. The summed E-state index contributed by atoms with van der Waals surface area (Å²) in [7, 11) is 3.36. The number of nitrogens with one attached hydrogen (secondary N) is 1. The van der Waals surface area contributed by atoms with Crippen molar-refractivity contribution in [3.05, 3.63) is 46.8 Å². The molecule has 6 heteroatoms. The lowest BCUT2D eigenvalue weighted by atomic mass is 10.1.